The molecule has 0 bridgehead atoms. The zero-order chi connectivity index (χ0) is 16.8. The quantitative estimate of drug-likeness (QED) is 0.274. The van der Waals surface area contributed by atoms with Crippen LogP contribution in [0.3, 0.4) is 0 Å². The topological polar surface area (TPSA) is 8.81 Å². The first-order valence-electron chi connectivity index (χ1n) is 10.4. The molecule has 1 rings (SSSR count). The van der Waals surface area contributed by atoms with Crippen LogP contribution in [0.1, 0.15) is 104 Å². The van der Waals surface area contributed by atoms with Crippen molar-refractivity contribution in [1.82, 2.24) is 4.57 Å². The van der Waals surface area contributed by atoms with Crippen LogP contribution in [0.5, 0.6) is 0 Å². The van der Waals surface area contributed by atoms with Crippen LogP contribution in [-0.4, -0.2) is 4.57 Å². The standard InChI is InChI=1S/C21H41N2/c1-4-7-9-11-13-15-18-23-20-19-22(21(23)16-6-3)17-14-12-10-8-5-2/h19-20H,4-18H2,1-3H3/q+1. The number of rotatable bonds is 15. The van der Waals surface area contributed by atoms with Gasteiger partial charge in [0.25, 0.3) is 5.82 Å². The Kier molecular flexibility index (Phi) is 12.0. The van der Waals surface area contributed by atoms with E-state index in [1.165, 1.54) is 96.6 Å². The SMILES string of the molecule is CCCCCCCCn1cc[n+](CCCCCCC)c1CCC. The first-order valence-corrected chi connectivity index (χ1v) is 10.4. The maximum Gasteiger partial charge on any atom is 0.256 e. The molecule has 0 amide bonds. The fourth-order valence-corrected chi connectivity index (χ4v) is 3.36. The van der Waals surface area contributed by atoms with Crippen LogP contribution in [0.2, 0.25) is 0 Å². The van der Waals surface area contributed by atoms with Gasteiger partial charge >= 0.3 is 0 Å². The van der Waals surface area contributed by atoms with E-state index in [9.17, 15) is 0 Å². The summed E-state index contributed by atoms with van der Waals surface area (Å²) < 4.78 is 5.04. The number of aryl methyl sites for hydroxylation is 2. The fraction of sp³-hybridized carbons (Fsp3) is 0.857. The van der Waals surface area contributed by atoms with Crippen LogP contribution < -0.4 is 4.57 Å². The van der Waals surface area contributed by atoms with Gasteiger partial charge in [0, 0.05) is 6.42 Å². The van der Waals surface area contributed by atoms with Crippen molar-refractivity contribution in [3.8, 4) is 0 Å². The maximum atomic E-state index is 2.52. The minimum atomic E-state index is 1.21. The second-order valence-corrected chi connectivity index (χ2v) is 7.03. The lowest BCUT2D eigenvalue weighted by molar-refractivity contribution is -0.704. The van der Waals surface area contributed by atoms with Gasteiger partial charge in [-0.15, -0.1) is 0 Å². The average Bonchev–Trinajstić information content (AvgIpc) is 2.93. The Balaban J connectivity index is 2.37. The minimum Gasteiger partial charge on any atom is -0.234 e. The molecule has 2 heteroatoms. The van der Waals surface area contributed by atoms with E-state index in [1.807, 2.05) is 0 Å². The molecule has 0 saturated heterocycles. The van der Waals surface area contributed by atoms with Gasteiger partial charge < -0.3 is 0 Å². The maximum absolute atomic E-state index is 2.52. The summed E-state index contributed by atoms with van der Waals surface area (Å²) in [7, 11) is 0. The zero-order valence-electron chi connectivity index (χ0n) is 16.2. The molecule has 0 aliphatic heterocycles. The number of unbranched alkanes of at least 4 members (excludes halogenated alkanes) is 9. The lowest BCUT2D eigenvalue weighted by Gasteiger charge is -2.05. The minimum absolute atomic E-state index is 1.21. The highest BCUT2D eigenvalue weighted by atomic mass is 15.1. The summed E-state index contributed by atoms with van der Waals surface area (Å²) in [6.45, 7) is 9.30. The summed E-state index contributed by atoms with van der Waals surface area (Å²) >= 11 is 0. The van der Waals surface area contributed by atoms with Crippen LogP contribution in [-0.2, 0) is 19.5 Å². The first kappa shape index (κ1) is 20.3. The molecular formula is C21H41N2+. The Hall–Kier alpha value is -0.790. The average molecular weight is 322 g/mol. The summed E-state index contributed by atoms with van der Waals surface area (Å²) in [6.07, 6.45) is 22.3. The molecule has 0 saturated carbocycles. The third kappa shape index (κ3) is 8.58. The van der Waals surface area contributed by atoms with Crippen molar-refractivity contribution in [2.24, 2.45) is 0 Å². The van der Waals surface area contributed by atoms with Crippen molar-refractivity contribution in [2.45, 2.75) is 117 Å². The second-order valence-electron chi connectivity index (χ2n) is 7.03. The van der Waals surface area contributed by atoms with Crippen LogP contribution in [0.25, 0.3) is 0 Å². The van der Waals surface area contributed by atoms with Crippen molar-refractivity contribution >= 4 is 0 Å². The monoisotopic (exact) mass is 321 g/mol. The molecule has 0 radical (unpaired) electrons. The molecule has 134 valence electrons. The predicted molar refractivity (Wildman–Crippen MR) is 101 cm³/mol. The number of imidazole rings is 1. The second kappa shape index (κ2) is 13.6. The van der Waals surface area contributed by atoms with Gasteiger partial charge in [0.1, 0.15) is 12.4 Å². The summed E-state index contributed by atoms with van der Waals surface area (Å²) in [5.74, 6) is 1.55. The molecular weight excluding hydrogens is 280 g/mol. The molecule has 0 unspecified atom stereocenters. The smallest absolute Gasteiger partial charge is 0.234 e. The molecule has 1 aromatic rings. The largest absolute Gasteiger partial charge is 0.256 e. The van der Waals surface area contributed by atoms with E-state index in [-0.39, 0.29) is 0 Å². The molecule has 0 aliphatic rings. The Morgan fingerprint density at radius 1 is 0.739 bits per heavy atom. The van der Waals surface area contributed by atoms with Gasteiger partial charge in [-0.05, 0) is 32.1 Å². The van der Waals surface area contributed by atoms with Crippen LogP contribution in [0, 0.1) is 0 Å². The van der Waals surface area contributed by atoms with Crippen molar-refractivity contribution in [2.75, 3.05) is 0 Å². The van der Waals surface area contributed by atoms with Crippen molar-refractivity contribution in [3.05, 3.63) is 18.2 Å². The van der Waals surface area contributed by atoms with E-state index in [4.69, 9.17) is 0 Å². The Bertz CT molecular complexity index is 381. The van der Waals surface area contributed by atoms with E-state index in [0.717, 1.165) is 0 Å². The highest BCUT2D eigenvalue weighted by Gasteiger charge is 2.15. The van der Waals surface area contributed by atoms with Crippen molar-refractivity contribution in [3.63, 3.8) is 0 Å². The molecule has 0 aliphatic carbocycles. The van der Waals surface area contributed by atoms with E-state index >= 15 is 0 Å². The molecule has 0 N–H and O–H groups in total. The Labute approximate surface area is 145 Å². The molecule has 0 fully saturated rings. The molecule has 0 spiro atoms. The Morgan fingerprint density at radius 3 is 2.00 bits per heavy atom. The van der Waals surface area contributed by atoms with Gasteiger partial charge in [-0.25, -0.2) is 9.13 Å². The molecule has 23 heavy (non-hydrogen) atoms. The number of hydrogen-bond acceptors (Lipinski definition) is 0. The number of aromatic nitrogens is 2. The van der Waals surface area contributed by atoms with Crippen molar-refractivity contribution < 1.29 is 4.57 Å². The van der Waals surface area contributed by atoms with Gasteiger partial charge in [-0.3, -0.25) is 0 Å². The van der Waals surface area contributed by atoms with E-state index in [2.05, 4.69) is 42.3 Å². The van der Waals surface area contributed by atoms with E-state index < -0.39 is 0 Å². The van der Waals surface area contributed by atoms with Crippen LogP contribution in [0.4, 0.5) is 0 Å². The van der Waals surface area contributed by atoms with Gasteiger partial charge in [-0.1, -0.05) is 65.7 Å². The van der Waals surface area contributed by atoms with Gasteiger partial charge in [0.2, 0.25) is 0 Å². The van der Waals surface area contributed by atoms with E-state index in [0.29, 0.717) is 0 Å². The molecule has 0 atom stereocenters. The molecule has 0 aromatic carbocycles. The number of hydrogen-bond donors (Lipinski definition) is 0. The summed E-state index contributed by atoms with van der Waals surface area (Å²) in [5.41, 5.74) is 0. The highest BCUT2D eigenvalue weighted by molar-refractivity contribution is 4.84. The first-order chi connectivity index (χ1) is 11.3. The third-order valence-electron chi connectivity index (χ3n) is 4.82. The predicted octanol–water partition coefficient (Wildman–Crippen LogP) is 6.06. The summed E-state index contributed by atoms with van der Waals surface area (Å²) in [5, 5.41) is 0. The third-order valence-corrected chi connectivity index (χ3v) is 4.82. The highest BCUT2D eigenvalue weighted by Crippen LogP contribution is 2.09. The summed E-state index contributed by atoms with van der Waals surface area (Å²) in [4.78, 5) is 0. The lowest BCUT2D eigenvalue weighted by atomic mass is 10.1. The normalized spacial score (nSPS) is 11.3. The van der Waals surface area contributed by atoms with E-state index in [1.54, 1.807) is 5.82 Å². The Morgan fingerprint density at radius 2 is 1.35 bits per heavy atom. The van der Waals surface area contributed by atoms with Gasteiger partial charge in [0.15, 0.2) is 0 Å². The zero-order valence-corrected chi connectivity index (χ0v) is 16.2. The summed E-state index contributed by atoms with van der Waals surface area (Å²) in [6, 6.07) is 0. The lowest BCUT2D eigenvalue weighted by Crippen LogP contribution is -2.37. The fourth-order valence-electron chi connectivity index (χ4n) is 3.36. The molecule has 2 nitrogen and oxygen atoms in total. The molecule has 1 aromatic heterocycles. The van der Waals surface area contributed by atoms with Gasteiger partial charge in [0.05, 0.1) is 13.1 Å². The van der Waals surface area contributed by atoms with Crippen LogP contribution in [0.15, 0.2) is 12.4 Å². The van der Waals surface area contributed by atoms with Crippen molar-refractivity contribution in [1.29, 1.82) is 0 Å². The number of nitrogens with zero attached hydrogens (tertiary/aromatic N) is 2. The van der Waals surface area contributed by atoms with Crippen LogP contribution >= 0.6 is 0 Å². The molecule has 1 heterocycles. The van der Waals surface area contributed by atoms with Gasteiger partial charge in [-0.2, -0.15) is 0 Å².